The molecule has 1 heterocycles. The molecule has 0 saturated carbocycles. The second kappa shape index (κ2) is 9.32. The number of thiazole rings is 1. The molecule has 0 aliphatic carbocycles. The zero-order valence-electron chi connectivity index (χ0n) is 16.0. The summed E-state index contributed by atoms with van der Waals surface area (Å²) in [5, 5.41) is 15.9. The lowest BCUT2D eigenvalue weighted by Gasteiger charge is -2.14. The summed E-state index contributed by atoms with van der Waals surface area (Å²) in [4.78, 5) is 4.56. The van der Waals surface area contributed by atoms with E-state index < -0.39 is 0 Å². The zero-order chi connectivity index (χ0) is 20.8. The first-order valence-corrected chi connectivity index (χ1v) is 9.74. The van der Waals surface area contributed by atoms with Crippen LogP contribution >= 0.6 is 22.9 Å². The van der Waals surface area contributed by atoms with Crippen LogP contribution in [0.5, 0.6) is 17.2 Å². The molecule has 3 rings (SSSR count). The summed E-state index contributed by atoms with van der Waals surface area (Å²) in [7, 11) is 4.64. The topological polar surface area (TPSA) is 76.4 Å². The Kier molecular flexibility index (Phi) is 6.60. The van der Waals surface area contributed by atoms with Gasteiger partial charge in [0.15, 0.2) is 11.5 Å². The fraction of sp³-hybridized carbons (Fsp3) is 0.143. The Bertz CT molecular complexity index is 1050. The molecule has 0 amide bonds. The molecule has 6 nitrogen and oxygen atoms in total. The number of anilines is 1. The Labute approximate surface area is 177 Å². The summed E-state index contributed by atoms with van der Waals surface area (Å²) in [5.41, 5.74) is 2.81. The van der Waals surface area contributed by atoms with E-state index in [9.17, 15) is 5.26 Å². The molecule has 8 heteroatoms. The highest BCUT2D eigenvalue weighted by Gasteiger charge is 2.13. The lowest BCUT2D eigenvalue weighted by atomic mass is 10.2. The summed E-state index contributed by atoms with van der Waals surface area (Å²) >= 11 is 7.33. The Hall–Kier alpha value is -3.21. The number of allylic oxidation sites excluding steroid dienone is 1. The van der Waals surface area contributed by atoms with Gasteiger partial charge in [-0.1, -0.05) is 23.7 Å². The van der Waals surface area contributed by atoms with Gasteiger partial charge in [0.05, 0.1) is 27.0 Å². The summed E-state index contributed by atoms with van der Waals surface area (Å²) in [5.74, 6) is 1.53. The maximum atomic E-state index is 9.58. The van der Waals surface area contributed by atoms with Gasteiger partial charge < -0.3 is 19.5 Å². The van der Waals surface area contributed by atoms with E-state index in [4.69, 9.17) is 25.8 Å². The first kappa shape index (κ1) is 20.5. The van der Waals surface area contributed by atoms with Gasteiger partial charge in [0, 0.05) is 40.0 Å². The van der Waals surface area contributed by atoms with Crippen LogP contribution in [-0.2, 0) is 0 Å². The summed E-state index contributed by atoms with van der Waals surface area (Å²) in [6.45, 7) is 0. The van der Waals surface area contributed by atoms with Crippen LogP contribution in [0.2, 0.25) is 5.02 Å². The van der Waals surface area contributed by atoms with Crippen molar-refractivity contribution in [3.05, 3.63) is 58.0 Å². The maximum absolute atomic E-state index is 9.58. The standard InChI is InChI=1S/C21H18ClN3O3S/c1-26-18-8-16(9-19(27-2)20(18)28-3)24-11-14(10-23)21-25-17(12-29-21)13-4-6-15(22)7-5-13/h4-9,11-12,24H,1-3H3. The molecule has 3 aromatic rings. The van der Waals surface area contributed by atoms with E-state index in [1.54, 1.807) is 39.7 Å². The molecular weight excluding hydrogens is 410 g/mol. The molecule has 1 aromatic heterocycles. The molecular formula is C21H18ClN3O3S. The highest BCUT2D eigenvalue weighted by Crippen LogP contribution is 2.40. The van der Waals surface area contributed by atoms with Crippen LogP contribution in [0.15, 0.2) is 48.0 Å². The van der Waals surface area contributed by atoms with Gasteiger partial charge in [-0.2, -0.15) is 5.26 Å². The van der Waals surface area contributed by atoms with E-state index in [1.807, 2.05) is 29.6 Å². The van der Waals surface area contributed by atoms with E-state index >= 15 is 0 Å². The quantitative estimate of drug-likeness (QED) is 0.504. The van der Waals surface area contributed by atoms with Gasteiger partial charge in [-0.15, -0.1) is 11.3 Å². The fourth-order valence-corrected chi connectivity index (χ4v) is 3.53. The molecule has 2 aromatic carbocycles. The van der Waals surface area contributed by atoms with Gasteiger partial charge in [-0.3, -0.25) is 0 Å². The molecule has 1 N–H and O–H groups in total. The molecule has 0 saturated heterocycles. The van der Waals surface area contributed by atoms with Crippen molar-refractivity contribution in [3.8, 4) is 34.6 Å². The smallest absolute Gasteiger partial charge is 0.203 e. The second-order valence-electron chi connectivity index (χ2n) is 5.77. The van der Waals surface area contributed by atoms with Crippen molar-refractivity contribution in [1.29, 1.82) is 5.26 Å². The Morgan fingerprint density at radius 1 is 1.10 bits per heavy atom. The molecule has 0 radical (unpaired) electrons. The predicted octanol–water partition coefficient (Wildman–Crippen LogP) is 5.47. The first-order valence-electron chi connectivity index (χ1n) is 8.48. The first-order chi connectivity index (χ1) is 14.1. The average molecular weight is 428 g/mol. The second-order valence-corrected chi connectivity index (χ2v) is 7.07. The number of aromatic nitrogens is 1. The average Bonchev–Trinajstić information content (AvgIpc) is 3.23. The third kappa shape index (κ3) is 4.62. The SMILES string of the molecule is COc1cc(NC=C(C#N)c2nc(-c3ccc(Cl)cc3)cs2)cc(OC)c1OC. The van der Waals surface area contributed by atoms with Gasteiger partial charge in [0.1, 0.15) is 16.6 Å². The van der Waals surface area contributed by atoms with Crippen LogP contribution in [0.3, 0.4) is 0 Å². The maximum Gasteiger partial charge on any atom is 0.203 e. The minimum Gasteiger partial charge on any atom is -0.493 e. The van der Waals surface area contributed by atoms with E-state index in [0.717, 1.165) is 11.3 Å². The van der Waals surface area contributed by atoms with Gasteiger partial charge >= 0.3 is 0 Å². The molecule has 29 heavy (non-hydrogen) atoms. The fourth-order valence-electron chi connectivity index (χ4n) is 2.61. The third-order valence-electron chi connectivity index (χ3n) is 4.04. The number of hydrogen-bond donors (Lipinski definition) is 1. The van der Waals surface area contributed by atoms with Gasteiger partial charge in [-0.25, -0.2) is 4.98 Å². The highest BCUT2D eigenvalue weighted by molar-refractivity contribution is 7.11. The molecule has 148 valence electrons. The van der Waals surface area contributed by atoms with Crippen LogP contribution in [0.25, 0.3) is 16.8 Å². The van der Waals surface area contributed by atoms with Crippen LogP contribution < -0.4 is 19.5 Å². The van der Waals surface area contributed by atoms with Crippen molar-refractivity contribution in [2.24, 2.45) is 0 Å². The lowest BCUT2D eigenvalue weighted by Crippen LogP contribution is -1.98. The minimum absolute atomic E-state index is 0.406. The minimum atomic E-state index is 0.406. The summed E-state index contributed by atoms with van der Waals surface area (Å²) in [6.07, 6.45) is 1.60. The van der Waals surface area contributed by atoms with Gasteiger partial charge in [0.25, 0.3) is 0 Å². The van der Waals surface area contributed by atoms with Crippen LogP contribution in [0, 0.1) is 11.3 Å². The van der Waals surface area contributed by atoms with Crippen LogP contribution in [0.4, 0.5) is 5.69 Å². The number of benzene rings is 2. The molecule has 0 fully saturated rings. The normalized spacial score (nSPS) is 10.9. The van der Waals surface area contributed by atoms with E-state index in [0.29, 0.717) is 38.5 Å². The number of methoxy groups -OCH3 is 3. The van der Waals surface area contributed by atoms with Crippen molar-refractivity contribution in [1.82, 2.24) is 4.98 Å². The molecule has 0 aliphatic heterocycles. The van der Waals surface area contributed by atoms with Crippen molar-refractivity contribution in [2.75, 3.05) is 26.6 Å². The van der Waals surface area contributed by atoms with Crippen molar-refractivity contribution < 1.29 is 14.2 Å². The van der Waals surface area contributed by atoms with Crippen LogP contribution in [0.1, 0.15) is 5.01 Å². The molecule has 0 aliphatic rings. The van der Waals surface area contributed by atoms with E-state index in [1.165, 1.54) is 11.3 Å². The largest absolute Gasteiger partial charge is 0.493 e. The summed E-state index contributed by atoms with van der Waals surface area (Å²) < 4.78 is 16.0. The third-order valence-corrected chi connectivity index (χ3v) is 5.17. The van der Waals surface area contributed by atoms with Gasteiger partial charge in [-0.05, 0) is 12.1 Å². The number of ether oxygens (including phenoxy) is 3. The Morgan fingerprint density at radius 2 is 1.76 bits per heavy atom. The molecule has 0 spiro atoms. The number of halogens is 1. The predicted molar refractivity (Wildman–Crippen MR) is 116 cm³/mol. The van der Waals surface area contributed by atoms with Crippen molar-refractivity contribution in [3.63, 3.8) is 0 Å². The highest BCUT2D eigenvalue weighted by atomic mass is 35.5. The molecule has 0 bridgehead atoms. The zero-order valence-corrected chi connectivity index (χ0v) is 17.6. The lowest BCUT2D eigenvalue weighted by molar-refractivity contribution is 0.324. The summed E-state index contributed by atoms with van der Waals surface area (Å²) in [6, 6.07) is 13.1. The van der Waals surface area contributed by atoms with Gasteiger partial charge in [0.2, 0.25) is 5.75 Å². The van der Waals surface area contributed by atoms with Crippen LogP contribution in [-0.4, -0.2) is 26.3 Å². The molecule has 0 unspecified atom stereocenters. The Morgan fingerprint density at radius 3 is 2.31 bits per heavy atom. The number of nitrogens with one attached hydrogen (secondary N) is 1. The van der Waals surface area contributed by atoms with Crippen molar-refractivity contribution in [2.45, 2.75) is 0 Å². The number of rotatable bonds is 7. The van der Waals surface area contributed by atoms with E-state index in [2.05, 4.69) is 16.4 Å². The molecule has 0 atom stereocenters. The number of hydrogen-bond acceptors (Lipinski definition) is 7. The van der Waals surface area contributed by atoms with Crippen molar-refractivity contribution >= 4 is 34.2 Å². The monoisotopic (exact) mass is 427 g/mol. The Balaban J connectivity index is 1.86. The number of nitrogens with zero attached hydrogens (tertiary/aromatic N) is 2. The number of nitriles is 1. The van der Waals surface area contributed by atoms with E-state index in [-0.39, 0.29) is 0 Å².